The number of nitrogens with zero attached hydrogens (tertiary/aromatic N) is 1. The molecule has 0 radical (unpaired) electrons. The third-order valence-electron chi connectivity index (χ3n) is 3.33. The van der Waals surface area contributed by atoms with Gasteiger partial charge in [0.2, 0.25) is 5.91 Å². The summed E-state index contributed by atoms with van der Waals surface area (Å²) < 4.78 is 5.01. The van der Waals surface area contributed by atoms with Crippen LogP contribution in [0.2, 0.25) is 0 Å². The van der Waals surface area contributed by atoms with Crippen LogP contribution >= 0.6 is 23.4 Å². The molecule has 0 aromatic rings. The van der Waals surface area contributed by atoms with Crippen LogP contribution < -0.4 is 0 Å². The molecule has 0 aliphatic carbocycles. The van der Waals surface area contributed by atoms with Crippen LogP contribution in [0.25, 0.3) is 0 Å². The van der Waals surface area contributed by atoms with Crippen LogP contribution in [0.3, 0.4) is 0 Å². The molecule has 0 aromatic heterocycles. The molecule has 2 atom stereocenters. The molecule has 116 valence electrons. The molecule has 7 heteroatoms. The van der Waals surface area contributed by atoms with Crippen LogP contribution in [0.1, 0.15) is 27.7 Å². The molecule has 2 aliphatic heterocycles. The molecular formula is C14H18ClNO4S. The highest BCUT2D eigenvalue weighted by Crippen LogP contribution is 2.44. The fourth-order valence-corrected chi connectivity index (χ4v) is 3.85. The Balaban J connectivity index is 2.38. The number of allylic oxidation sites excluding steroid dienone is 1. The van der Waals surface area contributed by atoms with Crippen molar-refractivity contribution in [3.8, 4) is 0 Å². The zero-order valence-electron chi connectivity index (χ0n) is 12.4. The predicted octanol–water partition coefficient (Wildman–Crippen LogP) is 1.94. The molecule has 0 saturated carbocycles. The number of alkyl halides is 1. The first-order valence-electron chi connectivity index (χ1n) is 6.63. The molecule has 0 spiro atoms. The van der Waals surface area contributed by atoms with Crippen molar-refractivity contribution in [2.75, 3.05) is 12.4 Å². The number of ketones is 1. The monoisotopic (exact) mass is 331 g/mol. The van der Waals surface area contributed by atoms with Crippen molar-refractivity contribution in [1.82, 2.24) is 4.90 Å². The van der Waals surface area contributed by atoms with Gasteiger partial charge in [0.15, 0.2) is 5.78 Å². The highest BCUT2D eigenvalue weighted by Gasteiger charge is 2.53. The van der Waals surface area contributed by atoms with Gasteiger partial charge in [-0.2, -0.15) is 0 Å². The summed E-state index contributed by atoms with van der Waals surface area (Å²) in [5.41, 5.74) is 0.402. The topological polar surface area (TPSA) is 63.7 Å². The Morgan fingerprint density at radius 2 is 2.05 bits per heavy atom. The van der Waals surface area contributed by atoms with Gasteiger partial charge < -0.3 is 4.74 Å². The molecule has 21 heavy (non-hydrogen) atoms. The molecule has 2 heterocycles. The average molecular weight is 332 g/mol. The summed E-state index contributed by atoms with van der Waals surface area (Å²) in [5, 5.41) is -0.797. The van der Waals surface area contributed by atoms with Crippen molar-refractivity contribution in [2.24, 2.45) is 5.41 Å². The van der Waals surface area contributed by atoms with E-state index in [0.717, 1.165) is 0 Å². The maximum Gasteiger partial charge on any atom is 0.302 e. The second-order valence-corrected chi connectivity index (χ2v) is 7.70. The molecule has 0 N–H and O–H groups in total. The number of ether oxygens (including phenoxy) is 1. The van der Waals surface area contributed by atoms with Crippen LogP contribution in [0.4, 0.5) is 0 Å². The molecule has 1 amide bonds. The van der Waals surface area contributed by atoms with E-state index in [0.29, 0.717) is 17.0 Å². The number of carbonyl (C=O) groups is 3. The van der Waals surface area contributed by atoms with Crippen molar-refractivity contribution in [1.29, 1.82) is 0 Å². The minimum atomic E-state index is -0.624. The highest BCUT2D eigenvalue weighted by atomic mass is 35.5. The van der Waals surface area contributed by atoms with Crippen LogP contribution in [0.5, 0.6) is 0 Å². The summed E-state index contributed by atoms with van der Waals surface area (Å²) in [4.78, 5) is 37.1. The first kappa shape index (κ1) is 16.4. The Labute approximate surface area is 133 Å². The van der Waals surface area contributed by atoms with Gasteiger partial charge in [0.1, 0.15) is 17.4 Å². The van der Waals surface area contributed by atoms with Crippen LogP contribution in [0.15, 0.2) is 11.3 Å². The van der Waals surface area contributed by atoms with Crippen molar-refractivity contribution in [2.45, 2.75) is 38.4 Å². The van der Waals surface area contributed by atoms with Crippen molar-refractivity contribution >= 4 is 41.0 Å². The second-order valence-electron chi connectivity index (χ2n) is 6.12. The molecular weight excluding hydrogens is 314 g/mol. The Morgan fingerprint density at radius 3 is 2.57 bits per heavy atom. The lowest BCUT2D eigenvalue weighted by Crippen LogP contribution is -2.63. The van der Waals surface area contributed by atoms with Crippen molar-refractivity contribution in [3.63, 3.8) is 0 Å². The van der Waals surface area contributed by atoms with E-state index in [4.69, 9.17) is 16.3 Å². The van der Waals surface area contributed by atoms with Crippen molar-refractivity contribution < 1.29 is 19.1 Å². The Hall–Kier alpha value is -1.01. The van der Waals surface area contributed by atoms with Gasteiger partial charge in [-0.15, -0.1) is 23.4 Å². The third kappa shape index (κ3) is 2.97. The van der Waals surface area contributed by atoms with Gasteiger partial charge in [-0.1, -0.05) is 20.8 Å². The summed E-state index contributed by atoms with van der Waals surface area (Å²) in [6, 6.07) is 0. The second kappa shape index (κ2) is 5.65. The lowest BCUT2D eigenvalue weighted by Gasteiger charge is -2.48. The SMILES string of the molecule is CC(=O)OCC1=C(C(=O)C(C)(C)C)N2C(=O)[C@H](Cl)[C@H]2SC1. The van der Waals surface area contributed by atoms with E-state index in [1.54, 1.807) is 20.8 Å². The zero-order chi connectivity index (χ0) is 15.9. The molecule has 2 rings (SSSR count). The lowest BCUT2D eigenvalue weighted by molar-refractivity contribution is -0.142. The quantitative estimate of drug-likeness (QED) is 0.449. The van der Waals surface area contributed by atoms with Gasteiger partial charge in [0, 0.05) is 23.7 Å². The number of hydrogen-bond acceptors (Lipinski definition) is 5. The first-order chi connectivity index (χ1) is 9.64. The number of β-lactam (4-membered cyclic amide) rings is 1. The van der Waals surface area contributed by atoms with Gasteiger partial charge in [-0.25, -0.2) is 0 Å². The number of esters is 1. The number of amides is 1. The molecule has 1 saturated heterocycles. The van der Waals surface area contributed by atoms with E-state index in [9.17, 15) is 14.4 Å². The Kier molecular flexibility index (Phi) is 4.40. The molecule has 0 aromatic carbocycles. The fourth-order valence-electron chi connectivity index (χ4n) is 2.17. The standard InChI is InChI=1S/C14H18ClNO4S/c1-7(17)20-5-8-6-21-13-9(15)12(19)16(13)10(8)11(18)14(2,3)4/h9,13H,5-6H2,1-4H3/t9-,13+/m0/s1. The van der Waals surface area contributed by atoms with Gasteiger partial charge in [0.25, 0.3) is 0 Å². The van der Waals surface area contributed by atoms with Crippen molar-refractivity contribution in [3.05, 3.63) is 11.3 Å². The van der Waals surface area contributed by atoms with Gasteiger partial charge in [-0.3, -0.25) is 19.3 Å². The van der Waals surface area contributed by atoms with Gasteiger partial charge in [0.05, 0.1) is 5.70 Å². The normalized spacial score (nSPS) is 25.4. The number of rotatable bonds is 3. The number of thioether (sulfide) groups is 1. The van der Waals surface area contributed by atoms with E-state index in [-0.39, 0.29) is 23.7 Å². The molecule has 0 unspecified atom stereocenters. The van der Waals surface area contributed by atoms with E-state index < -0.39 is 16.8 Å². The maximum atomic E-state index is 12.7. The average Bonchev–Trinajstić information content (AvgIpc) is 2.41. The molecule has 0 bridgehead atoms. The summed E-state index contributed by atoms with van der Waals surface area (Å²) in [6.45, 7) is 6.73. The lowest BCUT2D eigenvalue weighted by atomic mass is 9.86. The van der Waals surface area contributed by atoms with E-state index in [2.05, 4.69) is 0 Å². The number of carbonyl (C=O) groups excluding carboxylic acids is 3. The molecule has 1 fully saturated rings. The fraction of sp³-hybridized carbons (Fsp3) is 0.643. The first-order valence-corrected chi connectivity index (χ1v) is 8.12. The summed E-state index contributed by atoms with van der Waals surface area (Å²) >= 11 is 7.49. The smallest absolute Gasteiger partial charge is 0.302 e. The van der Waals surface area contributed by atoms with Gasteiger partial charge in [-0.05, 0) is 0 Å². The number of fused-ring (bicyclic) bond motifs is 1. The molecule has 2 aliphatic rings. The largest absolute Gasteiger partial charge is 0.461 e. The van der Waals surface area contributed by atoms with Crippen LogP contribution in [-0.2, 0) is 19.1 Å². The van der Waals surface area contributed by atoms with Crippen LogP contribution in [0, 0.1) is 5.41 Å². The molecule has 5 nitrogen and oxygen atoms in total. The third-order valence-corrected chi connectivity index (χ3v) is 5.24. The Morgan fingerprint density at radius 1 is 1.43 bits per heavy atom. The van der Waals surface area contributed by atoms with Gasteiger partial charge >= 0.3 is 5.97 Å². The highest BCUT2D eigenvalue weighted by molar-refractivity contribution is 8.00. The summed E-state index contributed by atoms with van der Waals surface area (Å²) in [7, 11) is 0. The number of Topliss-reactive ketones (excluding diaryl/α,β-unsaturated/α-hetero) is 1. The maximum absolute atomic E-state index is 12.7. The zero-order valence-corrected chi connectivity index (χ0v) is 14.0. The van der Waals surface area contributed by atoms with E-state index in [1.165, 1.54) is 23.6 Å². The van der Waals surface area contributed by atoms with E-state index >= 15 is 0 Å². The number of halogens is 1. The predicted molar refractivity (Wildman–Crippen MR) is 80.9 cm³/mol. The summed E-state index contributed by atoms with van der Waals surface area (Å²) in [5.74, 6) is -0.279. The van der Waals surface area contributed by atoms with Crippen LogP contribution in [-0.4, -0.2) is 45.7 Å². The summed E-state index contributed by atoms with van der Waals surface area (Å²) in [6.07, 6.45) is 0. The van der Waals surface area contributed by atoms with E-state index in [1.807, 2.05) is 0 Å². The minimum Gasteiger partial charge on any atom is -0.461 e. The Bertz CT molecular complexity index is 538. The number of hydrogen-bond donors (Lipinski definition) is 0. The minimum absolute atomic E-state index is 0.0307.